The van der Waals surface area contributed by atoms with E-state index in [4.69, 9.17) is 4.74 Å². The number of likely N-dealkylation sites (N-methyl/N-ethyl adjacent to an activating group) is 1. The molecule has 0 radical (unpaired) electrons. The number of phenolic OH excluding ortho intramolecular Hbond substituents is 1. The number of likely N-dealkylation sites (tertiary alicyclic amines) is 1. The van der Waals surface area contributed by atoms with Gasteiger partial charge in [-0.3, -0.25) is 9.69 Å². The highest BCUT2D eigenvalue weighted by Crippen LogP contribution is 2.67. The van der Waals surface area contributed by atoms with Crippen molar-refractivity contribution in [2.75, 3.05) is 20.1 Å². The summed E-state index contributed by atoms with van der Waals surface area (Å²) in [6.45, 7) is 9.75. The van der Waals surface area contributed by atoms with E-state index in [1.165, 1.54) is 11.1 Å². The minimum Gasteiger partial charge on any atom is -0.504 e. The molecule has 2 aromatic rings. The fourth-order valence-electron chi connectivity index (χ4n) is 8.54. The maximum Gasteiger partial charge on any atom is 0.223 e. The Morgan fingerprint density at radius 2 is 2.13 bits per heavy atom. The maximum absolute atomic E-state index is 13.6. The van der Waals surface area contributed by atoms with Gasteiger partial charge < -0.3 is 19.8 Å². The molecule has 2 aliphatic heterocycles. The van der Waals surface area contributed by atoms with Crippen molar-refractivity contribution in [1.82, 2.24) is 9.80 Å². The molecule has 6 rings (SSSR count). The number of aryl methyl sites for hydroxylation is 2. The Morgan fingerprint density at radius 3 is 2.87 bits per heavy atom. The van der Waals surface area contributed by atoms with Gasteiger partial charge in [-0.25, -0.2) is 0 Å². The Hall–Kier alpha value is -2.83. The number of carbonyl (C=O) groups is 1. The second-order valence-corrected chi connectivity index (χ2v) is 11.9. The highest BCUT2D eigenvalue weighted by molar-refractivity contribution is 5.77. The van der Waals surface area contributed by atoms with Gasteiger partial charge in [0.15, 0.2) is 11.5 Å². The number of amides is 1. The zero-order valence-corrected chi connectivity index (χ0v) is 22.8. The first-order valence-corrected chi connectivity index (χ1v) is 14.2. The van der Waals surface area contributed by atoms with Crippen LogP contribution in [0.4, 0.5) is 0 Å². The molecule has 38 heavy (non-hydrogen) atoms. The van der Waals surface area contributed by atoms with Crippen LogP contribution in [0.5, 0.6) is 11.5 Å². The molecule has 6 nitrogen and oxygen atoms in total. The summed E-state index contributed by atoms with van der Waals surface area (Å²) < 4.78 is 6.68. The van der Waals surface area contributed by atoms with Gasteiger partial charge in [-0.1, -0.05) is 55.3 Å². The lowest BCUT2D eigenvalue weighted by Crippen LogP contribution is -2.80. The Balaban J connectivity index is 1.39. The molecule has 2 N–H and O–H groups in total. The summed E-state index contributed by atoms with van der Waals surface area (Å²) in [6, 6.07) is 11.8. The Labute approximate surface area is 225 Å². The molecule has 1 amide bonds. The number of hydrogen-bond acceptors (Lipinski definition) is 5. The Morgan fingerprint density at radius 1 is 1.32 bits per heavy atom. The topological polar surface area (TPSA) is 73.2 Å². The molecule has 2 aromatic carbocycles. The van der Waals surface area contributed by atoms with Crippen LogP contribution >= 0.6 is 0 Å². The van der Waals surface area contributed by atoms with Crippen LogP contribution < -0.4 is 4.74 Å². The highest BCUT2D eigenvalue weighted by Gasteiger charge is 2.75. The largest absolute Gasteiger partial charge is 0.504 e. The predicted octanol–water partition coefficient (Wildman–Crippen LogP) is 4.14. The van der Waals surface area contributed by atoms with Gasteiger partial charge in [0.05, 0.1) is 17.1 Å². The molecule has 202 valence electrons. The molecule has 3 unspecified atom stereocenters. The molecule has 6 atom stereocenters. The van der Waals surface area contributed by atoms with Gasteiger partial charge in [-0.15, -0.1) is 6.58 Å². The van der Waals surface area contributed by atoms with E-state index in [0.29, 0.717) is 25.0 Å². The van der Waals surface area contributed by atoms with E-state index in [0.717, 1.165) is 43.5 Å². The molecule has 2 heterocycles. The summed E-state index contributed by atoms with van der Waals surface area (Å²) in [5, 5.41) is 23.8. The lowest BCUT2D eigenvalue weighted by atomic mass is 9.45. The zero-order valence-electron chi connectivity index (χ0n) is 22.8. The molecule has 4 aliphatic rings. The van der Waals surface area contributed by atoms with E-state index in [1.54, 1.807) is 6.07 Å². The van der Waals surface area contributed by atoms with Crippen molar-refractivity contribution in [2.45, 2.75) is 81.6 Å². The summed E-state index contributed by atoms with van der Waals surface area (Å²) in [4.78, 5) is 17.9. The number of piperidine rings is 1. The standard InChI is InChI=1S/C32H40N2O4/c1-5-15-34-16-14-31-28-22-11-12-25(35)29(28)38-30(31)24(19-23(6-2)32(31,37)26(34)18-22)33(4)27(36)13-10-21-9-7-8-20(3)17-21/h5,7-9,11-12,17,23-24,26,30,35,37H,1,6,10,13-16,18-19H2,2-4H3/t23?,24?,26-,30?,31+,32-/m1/s1. The number of nitrogens with zero attached hydrogens (tertiary/aromatic N) is 2. The second kappa shape index (κ2) is 9.13. The zero-order chi connectivity index (χ0) is 26.8. The van der Waals surface area contributed by atoms with E-state index in [-0.39, 0.29) is 29.7 Å². The second-order valence-electron chi connectivity index (χ2n) is 11.9. The average Bonchev–Trinajstić information content (AvgIpc) is 3.25. The van der Waals surface area contributed by atoms with Gasteiger partial charge in [0.25, 0.3) is 0 Å². The number of aliphatic hydroxyl groups is 1. The highest BCUT2D eigenvalue weighted by atomic mass is 16.5. The number of aromatic hydroxyl groups is 1. The smallest absolute Gasteiger partial charge is 0.223 e. The first-order valence-electron chi connectivity index (χ1n) is 14.2. The number of rotatable bonds is 7. The minimum atomic E-state index is -1.01. The number of phenols is 1. The molecule has 2 fully saturated rings. The third-order valence-corrected chi connectivity index (χ3v) is 10.2. The molecule has 1 saturated heterocycles. The summed E-state index contributed by atoms with van der Waals surface area (Å²) in [6.07, 6.45) is 5.57. The van der Waals surface area contributed by atoms with Crippen molar-refractivity contribution < 1.29 is 19.7 Å². The first-order chi connectivity index (χ1) is 18.3. The van der Waals surface area contributed by atoms with Crippen LogP contribution in [-0.2, 0) is 23.1 Å². The Kier molecular flexibility index (Phi) is 6.11. The molecule has 6 heteroatoms. The monoisotopic (exact) mass is 516 g/mol. The first kappa shape index (κ1) is 25.4. The van der Waals surface area contributed by atoms with E-state index >= 15 is 0 Å². The van der Waals surface area contributed by atoms with Gasteiger partial charge >= 0.3 is 0 Å². The molecule has 1 saturated carbocycles. The van der Waals surface area contributed by atoms with Crippen LogP contribution in [0.2, 0.25) is 0 Å². The third-order valence-electron chi connectivity index (χ3n) is 10.2. The lowest BCUT2D eigenvalue weighted by Gasteiger charge is -2.67. The van der Waals surface area contributed by atoms with Crippen molar-refractivity contribution >= 4 is 5.91 Å². The molecular formula is C32H40N2O4. The molecule has 2 bridgehead atoms. The quantitative estimate of drug-likeness (QED) is 0.542. The number of benzene rings is 2. The number of ether oxygens (including phenoxy) is 1. The molecule has 1 spiro atoms. The molecular weight excluding hydrogens is 476 g/mol. The summed E-state index contributed by atoms with van der Waals surface area (Å²) in [5.41, 5.74) is 2.82. The van der Waals surface area contributed by atoms with Crippen LogP contribution in [0.3, 0.4) is 0 Å². The normalized spacial score (nSPS) is 32.8. The molecule has 0 aromatic heterocycles. The van der Waals surface area contributed by atoms with Crippen molar-refractivity contribution in [3.63, 3.8) is 0 Å². The van der Waals surface area contributed by atoms with E-state index < -0.39 is 17.1 Å². The van der Waals surface area contributed by atoms with Gasteiger partial charge in [-0.2, -0.15) is 0 Å². The van der Waals surface area contributed by atoms with Gasteiger partial charge in [0, 0.05) is 31.6 Å². The van der Waals surface area contributed by atoms with Crippen LogP contribution in [0.1, 0.15) is 54.9 Å². The fourth-order valence-corrected chi connectivity index (χ4v) is 8.54. The summed E-state index contributed by atoms with van der Waals surface area (Å²) in [7, 11) is 1.90. The van der Waals surface area contributed by atoms with Crippen LogP contribution in [0.25, 0.3) is 0 Å². The predicted molar refractivity (Wildman–Crippen MR) is 147 cm³/mol. The van der Waals surface area contributed by atoms with Gasteiger partial charge in [-0.05, 0) is 62.3 Å². The van der Waals surface area contributed by atoms with E-state index in [1.807, 2.05) is 30.2 Å². The third kappa shape index (κ3) is 3.35. The fraction of sp³-hybridized carbons (Fsp3) is 0.531. The van der Waals surface area contributed by atoms with Gasteiger partial charge in [0.2, 0.25) is 5.91 Å². The average molecular weight is 517 g/mol. The maximum atomic E-state index is 13.6. The van der Waals surface area contributed by atoms with Gasteiger partial charge in [0.1, 0.15) is 6.10 Å². The van der Waals surface area contributed by atoms with Crippen molar-refractivity contribution in [3.05, 3.63) is 71.3 Å². The van der Waals surface area contributed by atoms with Crippen LogP contribution in [-0.4, -0.2) is 69.8 Å². The van der Waals surface area contributed by atoms with Crippen LogP contribution in [0.15, 0.2) is 49.1 Å². The van der Waals surface area contributed by atoms with E-state index in [9.17, 15) is 15.0 Å². The van der Waals surface area contributed by atoms with Crippen LogP contribution in [0, 0.1) is 12.8 Å². The van der Waals surface area contributed by atoms with E-state index in [2.05, 4.69) is 43.5 Å². The minimum absolute atomic E-state index is 0.00145. The molecule has 2 aliphatic carbocycles. The Bertz CT molecular complexity index is 1280. The SMILES string of the molecule is C=CCN1CC[C@]23c4c5ccc(O)c4OC2C(N(C)C(=O)CCc2cccc(C)c2)CC(CC)[C@@]3(O)[C@H]1C5. The number of carbonyl (C=O) groups excluding carboxylic acids is 1. The number of hydrogen-bond donors (Lipinski definition) is 2. The van der Waals surface area contributed by atoms with Crippen molar-refractivity contribution in [1.29, 1.82) is 0 Å². The van der Waals surface area contributed by atoms with Crippen molar-refractivity contribution in [2.24, 2.45) is 5.92 Å². The summed E-state index contributed by atoms with van der Waals surface area (Å²) >= 11 is 0. The van der Waals surface area contributed by atoms with Crippen molar-refractivity contribution in [3.8, 4) is 11.5 Å². The summed E-state index contributed by atoms with van der Waals surface area (Å²) in [5.74, 6) is 0.734. The lowest BCUT2D eigenvalue weighted by molar-refractivity contribution is -0.227.